The fourth-order valence-electron chi connectivity index (χ4n) is 4.36. The lowest BCUT2D eigenvalue weighted by atomic mass is 9.97. The number of nitrogens with zero attached hydrogens (tertiary/aromatic N) is 1. The smallest absolute Gasteiger partial charge is 0.338 e. The van der Waals surface area contributed by atoms with Crippen LogP contribution in [0, 0.1) is 5.82 Å². The fraction of sp³-hybridized carbons (Fsp3) is 0.148. The molecule has 182 valence electrons. The third-order valence-corrected chi connectivity index (χ3v) is 6.01. The summed E-state index contributed by atoms with van der Waals surface area (Å²) in [6.07, 6.45) is 0. The van der Waals surface area contributed by atoms with Gasteiger partial charge in [0.2, 0.25) is 5.76 Å². The van der Waals surface area contributed by atoms with E-state index in [1.165, 1.54) is 42.3 Å². The molecule has 36 heavy (non-hydrogen) atoms. The van der Waals surface area contributed by atoms with Crippen LogP contribution in [0.15, 0.2) is 69.9 Å². The lowest BCUT2D eigenvalue weighted by molar-refractivity contribution is 0.0526. The van der Waals surface area contributed by atoms with E-state index in [2.05, 4.69) is 0 Å². The first-order chi connectivity index (χ1) is 17.3. The van der Waals surface area contributed by atoms with Gasteiger partial charge >= 0.3 is 5.97 Å². The van der Waals surface area contributed by atoms with Crippen molar-refractivity contribution in [2.24, 2.45) is 0 Å². The second kappa shape index (κ2) is 8.84. The van der Waals surface area contributed by atoms with Crippen LogP contribution in [0.1, 0.15) is 45.0 Å². The van der Waals surface area contributed by atoms with Crippen molar-refractivity contribution in [1.29, 1.82) is 0 Å². The highest BCUT2D eigenvalue weighted by Crippen LogP contribution is 2.43. The third-order valence-electron chi connectivity index (χ3n) is 6.01. The molecule has 8 nitrogen and oxygen atoms in total. The number of carbonyl (C=O) groups is 2. The maximum absolute atomic E-state index is 14.0. The number of aromatic hydroxyl groups is 1. The van der Waals surface area contributed by atoms with Gasteiger partial charge in [-0.05, 0) is 67.1 Å². The van der Waals surface area contributed by atoms with Crippen molar-refractivity contribution in [2.75, 3.05) is 18.6 Å². The highest BCUT2D eigenvalue weighted by Gasteiger charge is 2.44. The first kappa shape index (κ1) is 23.1. The second-order valence-electron chi connectivity index (χ2n) is 8.09. The van der Waals surface area contributed by atoms with E-state index < -0.39 is 29.2 Å². The van der Waals surface area contributed by atoms with E-state index in [1.54, 1.807) is 25.1 Å². The number of hydrogen-bond donors (Lipinski definition) is 1. The van der Waals surface area contributed by atoms with Gasteiger partial charge in [-0.2, -0.15) is 0 Å². The quantitative estimate of drug-likeness (QED) is 0.409. The van der Waals surface area contributed by atoms with Gasteiger partial charge < -0.3 is 19.0 Å². The SMILES string of the molecule is CCOC(=O)c1ccc(N2C(=O)c3oc4ccc(F)cc4c(=O)c3C2c2ccc(O)c(OC)c2)cc1. The Balaban J connectivity index is 1.73. The number of rotatable bonds is 5. The Morgan fingerprint density at radius 3 is 2.53 bits per heavy atom. The summed E-state index contributed by atoms with van der Waals surface area (Å²) in [5.41, 5.74) is 0.681. The summed E-state index contributed by atoms with van der Waals surface area (Å²) in [6.45, 7) is 1.91. The van der Waals surface area contributed by atoms with Crippen LogP contribution in [0.2, 0.25) is 0 Å². The Bertz CT molecular complexity index is 1580. The molecule has 1 aliphatic rings. The van der Waals surface area contributed by atoms with Gasteiger partial charge in [0.05, 0.1) is 36.3 Å². The number of esters is 1. The molecule has 3 aromatic carbocycles. The van der Waals surface area contributed by atoms with Crippen molar-refractivity contribution in [2.45, 2.75) is 13.0 Å². The summed E-state index contributed by atoms with van der Waals surface area (Å²) in [5, 5.41) is 10.1. The number of amides is 1. The normalized spacial score (nSPS) is 14.7. The lowest BCUT2D eigenvalue weighted by Gasteiger charge is -2.25. The van der Waals surface area contributed by atoms with Crippen molar-refractivity contribution in [3.8, 4) is 11.5 Å². The highest BCUT2D eigenvalue weighted by molar-refractivity contribution is 6.10. The Morgan fingerprint density at radius 1 is 1.08 bits per heavy atom. The molecule has 9 heteroatoms. The molecule has 4 aromatic rings. The zero-order chi connectivity index (χ0) is 25.6. The van der Waals surface area contributed by atoms with E-state index in [4.69, 9.17) is 13.9 Å². The van der Waals surface area contributed by atoms with Crippen molar-refractivity contribution < 1.29 is 33.0 Å². The number of benzene rings is 3. The molecular weight excluding hydrogens is 469 g/mol. The summed E-state index contributed by atoms with van der Waals surface area (Å²) < 4.78 is 30.0. The molecule has 0 radical (unpaired) electrons. The maximum Gasteiger partial charge on any atom is 0.338 e. The van der Waals surface area contributed by atoms with Crippen LogP contribution in [0.4, 0.5) is 10.1 Å². The summed E-state index contributed by atoms with van der Waals surface area (Å²) >= 11 is 0. The van der Waals surface area contributed by atoms with Crippen LogP contribution in [-0.2, 0) is 4.74 Å². The Hall–Kier alpha value is -4.66. The van der Waals surface area contributed by atoms with Gasteiger partial charge in [0, 0.05) is 5.69 Å². The molecule has 0 aliphatic carbocycles. The van der Waals surface area contributed by atoms with E-state index in [9.17, 15) is 23.9 Å². The molecule has 1 aliphatic heterocycles. The van der Waals surface area contributed by atoms with Crippen LogP contribution in [0.3, 0.4) is 0 Å². The highest BCUT2D eigenvalue weighted by atomic mass is 19.1. The predicted molar refractivity (Wildman–Crippen MR) is 128 cm³/mol. The molecule has 1 N–H and O–H groups in total. The van der Waals surface area contributed by atoms with Crippen molar-refractivity contribution >= 4 is 28.5 Å². The lowest BCUT2D eigenvalue weighted by Crippen LogP contribution is -2.29. The number of ether oxygens (including phenoxy) is 2. The number of methoxy groups -OCH3 is 1. The second-order valence-corrected chi connectivity index (χ2v) is 8.09. The molecule has 0 spiro atoms. The van der Waals surface area contributed by atoms with Crippen LogP contribution < -0.4 is 15.1 Å². The predicted octanol–water partition coefficient (Wildman–Crippen LogP) is 4.57. The number of phenolic OH excluding ortho intramolecular Hbond substituents is 1. The van der Waals surface area contributed by atoms with Gasteiger partial charge in [-0.25, -0.2) is 9.18 Å². The monoisotopic (exact) mass is 489 g/mol. The topological polar surface area (TPSA) is 106 Å². The molecular formula is C27H20FNO7. The molecule has 1 unspecified atom stereocenters. The van der Waals surface area contributed by atoms with Crippen molar-refractivity contribution in [1.82, 2.24) is 0 Å². The van der Waals surface area contributed by atoms with Gasteiger partial charge in [-0.3, -0.25) is 14.5 Å². The molecule has 5 rings (SSSR count). The summed E-state index contributed by atoms with van der Waals surface area (Å²) in [7, 11) is 1.38. The van der Waals surface area contributed by atoms with Gasteiger partial charge in [0.15, 0.2) is 16.9 Å². The largest absolute Gasteiger partial charge is 0.504 e. The van der Waals surface area contributed by atoms with Gasteiger partial charge in [-0.15, -0.1) is 0 Å². The van der Waals surface area contributed by atoms with Crippen LogP contribution in [0.5, 0.6) is 11.5 Å². The van der Waals surface area contributed by atoms with E-state index in [1.807, 2.05) is 0 Å². The van der Waals surface area contributed by atoms with Crippen LogP contribution in [-0.4, -0.2) is 30.7 Å². The molecule has 0 fully saturated rings. The Morgan fingerprint density at radius 2 is 1.83 bits per heavy atom. The summed E-state index contributed by atoms with van der Waals surface area (Å²) in [6, 6.07) is 13.1. The van der Waals surface area contributed by atoms with E-state index >= 15 is 0 Å². The van der Waals surface area contributed by atoms with Crippen molar-refractivity contribution in [3.05, 3.63) is 99.2 Å². The molecule has 0 bridgehead atoms. The number of carbonyl (C=O) groups excluding carboxylic acids is 2. The molecule has 1 aromatic heterocycles. The third kappa shape index (κ3) is 3.65. The number of hydrogen-bond acceptors (Lipinski definition) is 7. The van der Waals surface area contributed by atoms with Crippen molar-refractivity contribution in [3.63, 3.8) is 0 Å². The average Bonchev–Trinajstić information content (AvgIpc) is 3.17. The number of anilines is 1. The van der Waals surface area contributed by atoms with Gasteiger partial charge in [0.1, 0.15) is 11.4 Å². The Kier molecular flexibility index (Phi) is 5.68. The zero-order valence-corrected chi connectivity index (χ0v) is 19.3. The van der Waals surface area contributed by atoms with E-state index in [0.717, 1.165) is 12.1 Å². The summed E-state index contributed by atoms with van der Waals surface area (Å²) in [5.74, 6) is -1.87. The zero-order valence-electron chi connectivity index (χ0n) is 19.3. The molecule has 0 saturated carbocycles. The maximum atomic E-state index is 14.0. The first-order valence-electron chi connectivity index (χ1n) is 11.1. The number of fused-ring (bicyclic) bond motifs is 2. The minimum atomic E-state index is -0.973. The standard InChI is InChI=1S/C27H20FNO7/c1-3-35-27(33)14-4-8-17(9-5-14)29-23(15-6-10-19(30)21(12-15)34-2)22-24(31)18-13-16(28)7-11-20(18)36-25(22)26(29)32/h4-13,23,30H,3H2,1-2H3. The van der Waals surface area contributed by atoms with Gasteiger partial charge in [-0.1, -0.05) is 6.07 Å². The number of halogens is 1. The molecule has 0 saturated heterocycles. The molecule has 1 atom stereocenters. The average molecular weight is 489 g/mol. The van der Waals surface area contributed by atoms with Gasteiger partial charge in [0.25, 0.3) is 5.91 Å². The van der Waals surface area contributed by atoms with E-state index in [0.29, 0.717) is 16.8 Å². The number of phenols is 1. The van der Waals surface area contributed by atoms with E-state index in [-0.39, 0.29) is 40.4 Å². The first-order valence-corrected chi connectivity index (χ1v) is 11.1. The van der Waals surface area contributed by atoms with Crippen LogP contribution in [0.25, 0.3) is 11.0 Å². The summed E-state index contributed by atoms with van der Waals surface area (Å²) in [4.78, 5) is 40.6. The molecule has 1 amide bonds. The Labute approximate surface area is 204 Å². The molecule has 2 heterocycles. The fourth-order valence-corrected chi connectivity index (χ4v) is 4.36. The minimum Gasteiger partial charge on any atom is -0.504 e. The van der Waals surface area contributed by atoms with Crippen LogP contribution >= 0.6 is 0 Å². The minimum absolute atomic E-state index is 0.00296.